The second-order valence-electron chi connectivity index (χ2n) is 5.57. The van der Waals surface area contributed by atoms with Gasteiger partial charge in [0.15, 0.2) is 18.8 Å². The first-order valence-corrected chi connectivity index (χ1v) is 7.86. The summed E-state index contributed by atoms with van der Waals surface area (Å²) in [5.74, 6) is -0.443. The molecule has 0 saturated heterocycles. The van der Waals surface area contributed by atoms with Crippen molar-refractivity contribution in [3.63, 3.8) is 0 Å². The zero-order valence-electron chi connectivity index (χ0n) is 14.5. The average Bonchev–Trinajstić information content (AvgIpc) is 3.14. The predicted octanol–water partition coefficient (Wildman–Crippen LogP) is -0.797. The fourth-order valence-electron chi connectivity index (χ4n) is 2.13. The molecule has 0 fully saturated rings. The summed E-state index contributed by atoms with van der Waals surface area (Å²) in [6, 6.07) is 9.97. The van der Waals surface area contributed by atoms with Gasteiger partial charge in [-0.3, -0.25) is 25.2 Å². The monoisotopic (exact) mass is 361 g/mol. The van der Waals surface area contributed by atoms with Crippen LogP contribution in [-0.4, -0.2) is 45.0 Å². The summed E-state index contributed by atoms with van der Waals surface area (Å²) in [6.07, 6.45) is 1.36. The Kier molecular flexibility index (Phi) is 6.75. The third-order valence-electron chi connectivity index (χ3n) is 3.36. The number of anilines is 1. The second kappa shape index (κ2) is 9.23. The van der Waals surface area contributed by atoms with Gasteiger partial charge >= 0.3 is 5.91 Å². The lowest BCUT2D eigenvalue weighted by atomic mass is 10.3. The molecule has 2 aromatic rings. The van der Waals surface area contributed by atoms with Crippen molar-refractivity contribution in [3.05, 3.63) is 48.4 Å². The molecule has 1 unspecified atom stereocenters. The minimum Gasteiger partial charge on any atom is -0.497 e. The molecule has 1 aromatic carbocycles. The fraction of sp³-hybridized carbons (Fsp3) is 0.235. The molecule has 0 radical (unpaired) electrons. The second-order valence-corrected chi connectivity index (χ2v) is 5.57. The molecule has 0 aliphatic heterocycles. The summed E-state index contributed by atoms with van der Waals surface area (Å²) >= 11 is 0. The van der Waals surface area contributed by atoms with E-state index in [2.05, 4.69) is 16.2 Å². The maximum Gasteiger partial charge on any atom is 0.305 e. The molecule has 1 atom stereocenters. The van der Waals surface area contributed by atoms with E-state index < -0.39 is 11.8 Å². The molecule has 0 bridgehead atoms. The highest BCUT2D eigenvalue weighted by Crippen LogP contribution is 2.14. The van der Waals surface area contributed by atoms with E-state index in [0.717, 1.165) is 0 Å². The molecule has 2 rings (SSSR count). The minimum atomic E-state index is -0.557. The predicted molar refractivity (Wildman–Crippen MR) is 92.6 cm³/mol. The summed E-state index contributed by atoms with van der Waals surface area (Å²) in [5, 5.41) is 2.74. The Labute approximate surface area is 150 Å². The van der Waals surface area contributed by atoms with Gasteiger partial charge in [-0.1, -0.05) is 0 Å². The van der Waals surface area contributed by atoms with Gasteiger partial charge in [-0.05, 0) is 36.4 Å². The third kappa shape index (κ3) is 5.95. The zero-order chi connectivity index (χ0) is 18.9. The summed E-state index contributed by atoms with van der Waals surface area (Å²) in [4.78, 5) is 36.1. The van der Waals surface area contributed by atoms with Crippen LogP contribution < -0.4 is 25.8 Å². The molecule has 0 aliphatic carbocycles. The van der Waals surface area contributed by atoms with Gasteiger partial charge in [-0.25, -0.2) is 0 Å². The number of rotatable bonds is 7. The number of benzene rings is 1. The largest absolute Gasteiger partial charge is 0.497 e. The average molecular weight is 361 g/mol. The van der Waals surface area contributed by atoms with E-state index in [0.29, 0.717) is 16.3 Å². The lowest BCUT2D eigenvalue weighted by molar-refractivity contribution is -0.862. The van der Waals surface area contributed by atoms with Crippen molar-refractivity contribution < 1.29 is 28.4 Å². The van der Waals surface area contributed by atoms with Crippen molar-refractivity contribution in [2.45, 2.75) is 0 Å². The number of likely N-dealkylation sites (N-methyl/N-ethyl adjacent to an activating group) is 1. The standard InChI is InChI=1S/C17H20N4O5/c1-21(10-15(22)18-12-5-7-13(25-2)8-6-12)11-16(23)19-20-17(24)14-4-3-9-26-14/h3-9H,10-11H2,1-2H3,(H,18,22)(H,19,23)(H,20,24)/p+1. The van der Waals surface area contributed by atoms with E-state index in [1.807, 2.05) is 0 Å². The smallest absolute Gasteiger partial charge is 0.305 e. The van der Waals surface area contributed by atoms with E-state index in [1.165, 1.54) is 12.3 Å². The highest BCUT2D eigenvalue weighted by molar-refractivity contribution is 5.93. The highest BCUT2D eigenvalue weighted by atomic mass is 16.5. The molecule has 1 aromatic heterocycles. The van der Waals surface area contributed by atoms with E-state index in [4.69, 9.17) is 9.15 Å². The number of hydrogen-bond donors (Lipinski definition) is 4. The molecule has 1 heterocycles. The first kappa shape index (κ1) is 19.0. The Morgan fingerprint density at radius 2 is 1.73 bits per heavy atom. The van der Waals surface area contributed by atoms with Crippen molar-refractivity contribution in [1.29, 1.82) is 0 Å². The summed E-state index contributed by atoms with van der Waals surface area (Å²) in [7, 11) is 3.26. The lowest BCUT2D eigenvalue weighted by Crippen LogP contribution is -3.11. The number of quaternary nitrogens is 1. The van der Waals surface area contributed by atoms with Crippen LogP contribution in [0.1, 0.15) is 10.6 Å². The van der Waals surface area contributed by atoms with Crippen LogP contribution in [0.15, 0.2) is 47.1 Å². The van der Waals surface area contributed by atoms with Gasteiger partial charge < -0.3 is 19.4 Å². The van der Waals surface area contributed by atoms with Crippen LogP contribution in [0.3, 0.4) is 0 Å². The molecule has 0 aliphatic rings. The summed E-state index contributed by atoms with van der Waals surface area (Å²) in [5.41, 5.74) is 5.15. The Morgan fingerprint density at radius 1 is 1.04 bits per heavy atom. The molecular weight excluding hydrogens is 340 g/mol. The van der Waals surface area contributed by atoms with Gasteiger partial charge in [0.1, 0.15) is 5.75 Å². The van der Waals surface area contributed by atoms with Crippen molar-refractivity contribution in [3.8, 4) is 5.75 Å². The van der Waals surface area contributed by atoms with Crippen LogP contribution in [-0.2, 0) is 9.59 Å². The first-order valence-electron chi connectivity index (χ1n) is 7.86. The number of carbonyl (C=O) groups excluding carboxylic acids is 3. The van der Waals surface area contributed by atoms with Crippen molar-refractivity contribution in [1.82, 2.24) is 10.9 Å². The van der Waals surface area contributed by atoms with E-state index in [-0.39, 0.29) is 24.8 Å². The summed E-state index contributed by atoms with van der Waals surface area (Å²) < 4.78 is 9.95. The Hall–Kier alpha value is -3.33. The summed E-state index contributed by atoms with van der Waals surface area (Å²) in [6.45, 7) is 0.0973. The van der Waals surface area contributed by atoms with Crippen molar-refractivity contribution in [2.24, 2.45) is 0 Å². The topological polar surface area (TPSA) is 114 Å². The number of carbonyl (C=O) groups is 3. The van der Waals surface area contributed by atoms with Gasteiger partial charge in [-0.2, -0.15) is 0 Å². The number of amides is 3. The maximum absolute atomic E-state index is 12.0. The molecule has 9 heteroatoms. The van der Waals surface area contributed by atoms with Gasteiger partial charge in [0.05, 0.1) is 20.4 Å². The van der Waals surface area contributed by atoms with Crippen LogP contribution in [0.4, 0.5) is 5.69 Å². The van der Waals surface area contributed by atoms with Gasteiger partial charge in [-0.15, -0.1) is 0 Å². The third-order valence-corrected chi connectivity index (χ3v) is 3.36. The zero-order valence-corrected chi connectivity index (χ0v) is 14.5. The van der Waals surface area contributed by atoms with E-state index >= 15 is 0 Å². The SMILES string of the molecule is COc1ccc(NC(=O)C[NH+](C)CC(=O)NNC(=O)c2ccco2)cc1. The molecule has 0 spiro atoms. The Bertz CT molecular complexity index is 743. The molecule has 138 valence electrons. The Balaban J connectivity index is 1.70. The fourth-order valence-corrected chi connectivity index (χ4v) is 2.13. The highest BCUT2D eigenvalue weighted by Gasteiger charge is 2.16. The van der Waals surface area contributed by atoms with Crippen LogP contribution in [0.5, 0.6) is 5.75 Å². The van der Waals surface area contributed by atoms with Crippen LogP contribution in [0, 0.1) is 0 Å². The Morgan fingerprint density at radius 3 is 2.35 bits per heavy atom. The molecular formula is C17H21N4O5+. The normalized spacial score (nSPS) is 11.3. The van der Waals surface area contributed by atoms with Gasteiger partial charge in [0.25, 0.3) is 11.8 Å². The number of methoxy groups -OCH3 is 1. The maximum atomic E-state index is 12.0. The molecule has 0 saturated carbocycles. The van der Waals surface area contributed by atoms with E-state index in [9.17, 15) is 14.4 Å². The van der Waals surface area contributed by atoms with Gasteiger partial charge in [0.2, 0.25) is 0 Å². The number of furan rings is 1. The molecule has 9 nitrogen and oxygen atoms in total. The molecule has 3 amide bonds. The number of hydrazine groups is 1. The lowest BCUT2D eigenvalue weighted by Gasteiger charge is -2.14. The number of ether oxygens (including phenoxy) is 1. The molecule has 26 heavy (non-hydrogen) atoms. The quantitative estimate of drug-likeness (QED) is 0.482. The number of nitrogens with one attached hydrogen (secondary N) is 4. The van der Waals surface area contributed by atoms with Crippen LogP contribution in [0.2, 0.25) is 0 Å². The number of hydrogen-bond acceptors (Lipinski definition) is 5. The van der Waals surface area contributed by atoms with Crippen LogP contribution in [0.25, 0.3) is 0 Å². The molecule has 4 N–H and O–H groups in total. The van der Waals surface area contributed by atoms with Crippen LogP contribution >= 0.6 is 0 Å². The first-order chi connectivity index (χ1) is 12.5. The van der Waals surface area contributed by atoms with Crippen molar-refractivity contribution >= 4 is 23.4 Å². The van der Waals surface area contributed by atoms with E-state index in [1.54, 1.807) is 44.5 Å². The minimum absolute atomic E-state index is 0.00840. The van der Waals surface area contributed by atoms with Gasteiger partial charge in [0, 0.05) is 5.69 Å². The van der Waals surface area contributed by atoms with Crippen molar-refractivity contribution in [2.75, 3.05) is 32.6 Å².